The number of anilines is 1. The molecule has 0 fully saturated rings. The Hall–Kier alpha value is -2.81. The van der Waals surface area contributed by atoms with Crippen molar-refractivity contribution in [3.63, 3.8) is 0 Å². The van der Waals surface area contributed by atoms with E-state index in [9.17, 15) is 4.79 Å². The molecule has 0 spiro atoms. The van der Waals surface area contributed by atoms with E-state index in [4.69, 9.17) is 4.74 Å². The molecule has 1 aliphatic rings. The lowest BCUT2D eigenvalue weighted by molar-refractivity contribution is 0.102. The predicted molar refractivity (Wildman–Crippen MR) is 131 cm³/mol. The van der Waals surface area contributed by atoms with Gasteiger partial charge in [-0.2, -0.15) is 0 Å². The lowest BCUT2D eigenvalue weighted by Crippen LogP contribution is -2.32. The molecule has 3 nitrogen and oxygen atoms in total. The summed E-state index contributed by atoms with van der Waals surface area (Å²) in [5.74, 6) is 0.762. The summed E-state index contributed by atoms with van der Waals surface area (Å²) >= 11 is 0. The van der Waals surface area contributed by atoms with E-state index in [2.05, 4.69) is 63.4 Å². The Morgan fingerprint density at radius 2 is 1.90 bits per heavy atom. The minimum Gasteiger partial charge on any atom is -0.483 e. The van der Waals surface area contributed by atoms with Gasteiger partial charge >= 0.3 is 0 Å². The first-order chi connectivity index (χ1) is 14.9. The van der Waals surface area contributed by atoms with Crippen molar-refractivity contribution in [2.45, 2.75) is 71.8 Å². The molecular weight excluding hydrogens is 382 g/mol. The molecule has 3 rings (SSSR count). The molecule has 164 valence electrons. The smallest absolute Gasteiger partial charge is 0.255 e. The van der Waals surface area contributed by atoms with E-state index in [0.29, 0.717) is 5.56 Å². The fraction of sp³-hybridized carbons (Fsp3) is 0.393. The number of allylic oxidation sites excluding steroid dienone is 2. The number of hydrogen-bond donors (Lipinski definition) is 1. The van der Waals surface area contributed by atoms with Crippen LogP contribution in [0.15, 0.2) is 60.2 Å². The number of nitrogens with one attached hydrogen (secondary N) is 1. The van der Waals surface area contributed by atoms with Crippen molar-refractivity contribution in [3.8, 4) is 5.75 Å². The summed E-state index contributed by atoms with van der Waals surface area (Å²) in [6.45, 7) is 8.60. The summed E-state index contributed by atoms with van der Waals surface area (Å²) in [5.41, 5.74) is 4.61. The van der Waals surface area contributed by atoms with Gasteiger partial charge in [-0.05, 0) is 88.4 Å². The number of ether oxygens (including phenoxy) is 1. The number of hydrogen-bond acceptors (Lipinski definition) is 2. The number of amides is 1. The maximum absolute atomic E-state index is 12.8. The van der Waals surface area contributed by atoms with E-state index in [1.807, 2.05) is 30.3 Å². The Morgan fingerprint density at radius 3 is 2.61 bits per heavy atom. The first kappa shape index (κ1) is 22.9. The maximum atomic E-state index is 12.8. The normalized spacial score (nSPS) is 16.9. The standard InChI is InChI=1S/C28H35NO2/c1-5-6-8-13-22-19-25(29-27(30)23-14-9-7-10-15-23)24-16-18-28(4,31-26(24)20-22)17-11-12-21(2)3/h7,9-10,12,14-16,18-20H,5-6,8,11,13,17H2,1-4H3,(H,29,30). The third-order valence-corrected chi connectivity index (χ3v) is 5.69. The van der Waals surface area contributed by atoms with Gasteiger partial charge in [0.1, 0.15) is 11.4 Å². The Balaban J connectivity index is 1.88. The summed E-state index contributed by atoms with van der Waals surface area (Å²) in [4.78, 5) is 12.8. The highest BCUT2D eigenvalue weighted by Crippen LogP contribution is 2.39. The van der Waals surface area contributed by atoms with E-state index in [0.717, 1.165) is 42.7 Å². The highest BCUT2D eigenvalue weighted by Gasteiger charge is 2.28. The van der Waals surface area contributed by atoms with Gasteiger partial charge in [0.05, 0.1) is 5.69 Å². The van der Waals surface area contributed by atoms with E-state index < -0.39 is 0 Å². The second-order valence-corrected chi connectivity index (χ2v) is 8.90. The van der Waals surface area contributed by atoms with Crippen LogP contribution in [-0.2, 0) is 6.42 Å². The average molecular weight is 418 g/mol. The molecule has 0 saturated carbocycles. The number of benzene rings is 2. The van der Waals surface area contributed by atoms with Crippen molar-refractivity contribution in [2.75, 3.05) is 5.32 Å². The van der Waals surface area contributed by atoms with Crippen molar-refractivity contribution >= 4 is 17.7 Å². The molecule has 0 aliphatic carbocycles. The Morgan fingerprint density at radius 1 is 1.13 bits per heavy atom. The number of rotatable bonds is 9. The van der Waals surface area contributed by atoms with E-state index in [1.165, 1.54) is 24.0 Å². The van der Waals surface area contributed by atoms with Crippen LogP contribution in [-0.4, -0.2) is 11.5 Å². The molecule has 2 aromatic rings. The van der Waals surface area contributed by atoms with Crippen LogP contribution in [0.1, 0.15) is 81.3 Å². The lowest BCUT2D eigenvalue weighted by atomic mass is 9.93. The van der Waals surface area contributed by atoms with Gasteiger partial charge in [0.15, 0.2) is 0 Å². The Kier molecular flexibility index (Phi) is 7.73. The van der Waals surface area contributed by atoms with Gasteiger partial charge in [0.2, 0.25) is 0 Å². The Labute approximate surface area is 187 Å². The zero-order chi connectivity index (χ0) is 22.3. The van der Waals surface area contributed by atoms with Gasteiger partial charge in [-0.15, -0.1) is 0 Å². The van der Waals surface area contributed by atoms with Crippen LogP contribution in [0.3, 0.4) is 0 Å². The topological polar surface area (TPSA) is 38.3 Å². The molecule has 0 saturated heterocycles. The molecule has 1 atom stereocenters. The SMILES string of the molecule is CCCCCc1cc(NC(=O)c2ccccc2)c2c(c1)OC(C)(CCC=C(C)C)C=C2. The minimum atomic E-state index is -0.346. The number of carbonyl (C=O) groups excluding carboxylic acids is 1. The fourth-order valence-corrected chi connectivity index (χ4v) is 3.88. The average Bonchev–Trinajstić information content (AvgIpc) is 2.74. The highest BCUT2D eigenvalue weighted by atomic mass is 16.5. The summed E-state index contributed by atoms with van der Waals surface area (Å²) < 4.78 is 6.51. The molecular formula is C28H35NO2. The second kappa shape index (κ2) is 10.5. The summed E-state index contributed by atoms with van der Waals surface area (Å²) in [6, 6.07) is 13.6. The fourth-order valence-electron chi connectivity index (χ4n) is 3.88. The molecule has 1 unspecified atom stereocenters. The maximum Gasteiger partial charge on any atom is 0.255 e. The molecule has 0 aromatic heterocycles. The molecule has 1 heterocycles. The van der Waals surface area contributed by atoms with Gasteiger partial charge in [-0.3, -0.25) is 4.79 Å². The number of carbonyl (C=O) groups is 1. The van der Waals surface area contributed by atoms with Crippen molar-refractivity contribution in [2.24, 2.45) is 0 Å². The van der Waals surface area contributed by atoms with E-state index >= 15 is 0 Å². The molecule has 0 radical (unpaired) electrons. The van der Waals surface area contributed by atoms with Crippen LogP contribution < -0.4 is 10.1 Å². The van der Waals surface area contributed by atoms with Crippen LogP contribution in [0, 0.1) is 0 Å². The third kappa shape index (κ3) is 6.33. The minimum absolute atomic E-state index is 0.0983. The third-order valence-electron chi connectivity index (χ3n) is 5.69. The van der Waals surface area contributed by atoms with Crippen LogP contribution in [0.4, 0.5) is 5.69 Å². The molecule has 1 amide bonds. The molecule has 1 N–H and O–H groups in total. The largest absolute Gasteiger partial charge is 0.483 e. The number of fused-ring (bicyclic) bond motifs is 1. The number of unbranched alkanes of at least 4 members (excludes halogenated alkanes) is 2. The summed E-state index contributed by atoms with van der Waals surface area (Å²) in [6.07, 6.45) is 12.9. The van der Waals surface area contributed by atoms with Gasteiger partial charge in [-0.25, -0.2) is 0 Å². The zero-order valence-electron chi connectivity index (χ0n) is 19.3. The first-order valence-electron chi connectivity index (χ1n) is 11.4. The highest BCUT2D eigenvalue weighted by molar-refractivity contribution is 6.05. The quantitative estimate of drug-likeness (QED) is 0.337. The summed E-state index contributed by atoms with van der Waals surface area (Å²) in [7, 11) is 0. The van der Waals surface area contributed by atoms with Gasteiger partial charge in [0.25, 0.3) is 5.91 Å². The molecule has 1 aliphatic heterocycles. The zero-order valence-corrected chi connectivity index (χ0v) is 19.3. The van der Waals surface area contributed by atoms with Crippen LogP contribution >= 0.6 is 0 Å². The molecule has 0 bridgehead atoms. The van der Waals surface area contributed by atoms with Crippen molar-refractivity contribution in [1.29, 1.82) is 0 Å². The van der Waals surface area contributed by atoms with Gasteiger partial charge in [-0.1, -0.05) is 49.6 Å². The van der Waals surface area contributed by atoms with Crippen LogP contribution in [0.5, 0.6) is 5.75 Å². The molecule has 3 heteroatoms. The Bertz CT molecular complexity index is 954. The lowest BCUT2D eigenvalue weighted by Gasteiger charge is -2.32. The van der Waals surface area contributed by atoms with Crippen molar-refractivity contribution in [1.82, 2.24) is 0 Å². The van der Waals surface area contributed by atoms with E-state index in [-0.39, 0.29) is 11.5 Å². The van der Waals surface area contributed by atoms with Crippen LogP contribution in [0.2, 0.25) is 0 Å². The van der Waals surface area contributed by atoms with Crippen LogP contribution in [0.25, 0.3) is 6.08 Å². The second-order valence-electron chi connectivity index (χ2n) is 8.90. The van der Waals surface area contributed by atoms with Gasteiger partial charge < -0.3 is 10.1 Å². The van der Waals surface area contributed by atoms with Gasteiger partial charge in [0, 0.05) is 11.1 Å². The van der Waals surface area contributed by atoms with Crippen molar-refractivity contribution in [3.05, 3.63) is 76.9 Å². The monoisotopic (exact) mass is 417 g/mol. The molecule has 2 aromatic carbocycles. The number of aryl methyl sites for hydroxylation is 1. The van der Waals surface area contributed by atoms with Crippen molar-refractivity contribution < 1.29 is 9.53 Å². The predicted octanol–water partition coefficient (Wildman–Crippen LogP) is 7.58. The first-order valence-corrected chi connectivity index (χ1v) is 11.4. The summed E-state index contributed by atoms with van der Waals surface area (Å²) in [5, 5.41) is 3.12. The van der Waals surface area contributed by atoms with E-state index in [1.54, 1.807) is 0 Å². The molecule has 31 heavy (non-hydrogen) atoms.